The number of urea groups is 1. The highest BCUT2D eigenvalue weighted by Gasteiger charge is 2.15. The molecule has 8 heteroatoms. The summed E-state index contributed by atoms with van der Waals surface area (Å²) in [6.07, 6.45) is 0. The number of anilines is 5. The SMILES string of the molecule is Cc1cc(Nc2ccc(NC(=O)Nc3ccccc3C)cc2)nc(N2CCOCC2)n1. The molecule has 3 aromatic rings. The lowest BCUT2D eigenvalue weighted by Crippen LogP contribution is -2.37. The zero-order valence-corrected chi connectivity index (χ0v) is 17.7. The maximum atomic E-state index is 12.3. The van der Waals surface area contributed by atoms with Crippen molar-refractivity contribution in [2.75, 3.05) is 47.2 Å². The number of amides is 2. The molecule has 0 atom stereocenters. The fraction of sp³-hybridized carbons (Fsp3) is 0.261. The molecule has 4 rings (SSSR count). The van der Waals surface area contributed by atoms with Crippen molar-refractivity contribution in [2.24, 2.45) is 0 Å². The summed E-state index contributed by atoms with van der Waals surface area (Å²) in [5.74, 6) is 1.43. The number of aromatic nitrogens is 2. The highest BCUT2D eigenvalue weighted by atomic mass is 16.5. The fourth-order valence-corrected chi connectivity index (χ4v) is 3.30. The first kappa shape index (κ1) is 20.6. The summed E-state index contributed by atoms with van der Waals surface area (Å²) in [6.45, 7) is 6.85. The Hall–Kier alpha value is -3.65. The Labute approximate surface area is 181 Å². The second-order valence-corrected chi connectivity index (χ2v) is 7.39. The first-order chi connectivity index (χ1) is 15.1. The van der Waals surface area contributed by atoms with Crippen LogP contribution in [0.15, 0.2) is 54.6 Å². The maximum absolute atomic E-state index is 12.3. The second-order valence-electron chi connectivity index (χ2n) is 7.39. The van der Waals surface area contributed by atoms with E-state index in [0.717, 1.165) is 41.5 Å². The lowest BCUT2D eigenvalue weighted by atomic mass is 10.2. The molecule has 1 aliphatic heterocycles. The number of hydrogen-bond acceptors (Lipinski definition) is 6. The molecule has 0 aliphatic carbocycles. The number of para-hydroxylation sites is 1. The first-order valence-electron chi connectivity index (χ1n) is 10.3. The number of hydrogen-bond donors (Lipinski definition) is 3. The third-order valence-corrected chi connectivity index (χ3v) is 4.94. The summed E-state index contributed by atoms with van der Waals surface area (Å²) in [7, 11) is 0. The average molecular weight is 419 g/mol. The summed E-state index contributed by atoms with van der Waals surface area (Å²) in [4.78, 5) is 23.6. The average Bonchev–Trinajstić information content (AvgIpc) is 2.77. The van der Waals surface area contributed by atoms with Crippen LogP contribution in [0.25, 0.3) is 0 Å². The number of carbonyl (C=O) groups is 1. The normalized spacial score (nSPS) is 13.5. The Kier molecular flexibility index (Phi) is 6.28. The molecule has 0 unspecified atom stereocenters. The number of morpholine rings is 1. The first-order valence-corrected chi connectivity index (χ1v) is 10.3. The van der Waals surface area contributed by atoms with Crippen LogP contribution in [0, 0.1) is 13.8 Å². The van der Waals surface area contributed by atoms with Crippen molar-refractivity contribution >= 4 is 34.9 Å². The molecule has 31 heavy (non-hydrogen) atoms. The summed E-state index contributed by atoms with van der Waals surface area (Å²) in [5, 5.41) is 9.02. The van der Waals surface area contributed by atoms with Gasteiger partial charge in [0.15, 0.2) is 0 Å². The van der Waals surface area contributed by atoms with Crippen LogP contribution in [0.5, 0.6) is 0 Å². The molecule has 1 aliphatic rings. The number of nitrogens with one attached hydrogen (secondary N) is 3. The number of ether oxygens (including phenoxy) is 1. The van der Waals surface area contributed by atoms with Gasteiger partial charge in [-0.2, -0.15) is 4.98 Å². The van der Waals surface area contributed by atoms with Crippen molar-refractivity contribution in [1.29, 1.82) is 0 Å². The summed E-state index contributed by atoms with van der Waals surface area (Å²) in [5.41, 5.74) is 4.26. The van der Waals surface area contributed by atoms with Gasteiger partial charge in [-0.3, -0.25) is 0 Å². The predicted octanol–water partition coefficient (Wildman–Crippen LogP) is 4.32. The molecule has 2 aromatic carbocycles. The Bertz CT molecular complexity index is 1050. The van der Waals surface area contributed by atoms with E-state index >= 15 is 0 Å². The van der Waals surface area contributed by atoms with Crippen molar-refractivity contribution < 1.29 is 9.53 Å². The Balaban J connectivity index is 1.39. The topological polar surface area (TPSA) is 91.4 Å². The van der Waals surface area contributed by atoms with Crippen LogP contribution >= 0.6 is 0 Å². The van der Waals surface area contributed by atoms with Gasteiger partial charge in [0.05, 0.1) is 13.2 Å². The van der Waals surface area contributed by atoms with Gasteiger partial charge in [-0.05, 0) is 49.7 Å². The number of carbonyl (C=O) groups excluding carboxylic acids is 1. The van der Waals surface area contributed by atoms with E-state index in [1.165, 1.54) is 0 Å². The second kappa shape index (κ2) is 9.44. The van der Waals surface area contributed by atoms with E-state index in [2.05, 4.69) is 30.8 Å². The van der Waals surface area contributed by atoms with Gasteiger partial charge in [0, 0.05) is 41.9 Å². The lowest BCUT2D eigenvalue weighted by Gasteiger charge is -2.27. The van der Waals surface area contributed by atoms with Crippen LogP contribution in [0.2, 0.25) is 0 Å². The maximum Gasteiger partial charge on any atom is 0.323 e. The van der Waals surface area contributed by atoms with Gasteiger partial charge in [0.25, 0.3) is 0 Å². The van der Waals surface area contributed by atoms with Crippen LogP contribution in [0.1, 0.15) is 11.3 Å². The molecule has 1 saturated heterocycles. The molecule has 160 valence electrons. The molecule has 2 heterocycles. The van der Waals surface area contributed by atoms with E-state index in [-0.39, 0.29) is 6.03 Å². The quantitative estimate of drug-likeness (QED) is 0.572. The molecule has 0 bridgehead atoms. The number of nitrogens with zero attached hydrogens (tertiary/aromatic N) is 3. The van der Waals surface area contributed by atoms with Gasteiger partial charge in [0.2, 0.25) is 5.95 Å². The standard InChI is InChI=1S/C23H26N6O2/c1-16-5-3-4-6-20(16)27-23(30)26-19-9-7-18(8-10-19)25-21-15-17(2)24-22(28-21)29-11-13-31-14-12-29/h3-10,15H,11-14H2,1-2H3,(H,24,25,28)(H2,26,27,30). The third kappa shape index (κ3) is 5.49. The zero-order valence-electron chi connectivity index (χ0n) is 17.7. The predicted molar refractivity (Wildman–Crippen MR) is 123 cm³/mol. The fourth-order valence-electron chi connectivity index (χ4n) is 3.30. The number of rotatable bonds is 5. The van der Waals surface area contributed by atoms with E-state index in [0.29, 0.717) is 24.8 Å². The van der Waals surface area contributed by atoms with Gasteiger partial charge in [0.1, 0.15) is 5.82 Å². The Morgan fingerprint density at radius 3 is 2.39 bits per heavy atom. The van der Waals surface area contributed by atoms with E-state index in [4.69, 9.17) is 4.74 Å². The van der Waals surface area contributed by atoms with E-state index in [1.807, 2.05) is 68.4 Å². The molecular weight excluding hydrogens is 392 g/mol. The van der Waals surface area contributed by atoms with Gasteiger partial charge < -0.3 is 25.6 Å². The molecular formula is C23H26N6O2. The van der Waals surface area contributed by atoms with Crippen LogP contribution in [0.4, 0.5) is 33.6 Å². The van der Waals surface area contributed by atoms with E-state index in [1.54, 1.807) is 0 Å². The molecule has 1 fully saturated rings. The summed E-state index contributed by atoms with van der Waals surface area (Å²) in [6, 6.07) is 16.8. The van der Waals surface area contributed by atoms with Crippen molar-refractivity contribution in [2.45, 2.75) is 13.8 Å². The van der Waals surface area contributed by atoms with Crippen molar-refractivity contribution in [3.8, 4) is 0 Å². The van der Waals surface area contributed by atoms with Gasteiger partial charge >= 0.3 is 6.03 Å². The molecule has 0 spiro atoms. The van der Waals surface area contributed by atoms with E-state index < -0.39 is 0 Å². The molecule has 1 aromatic heterocycles. The van der Waals surface area contributed by atoms with Gasteiger partial charge in [-0.15, -0.1) is 0 Å². The minimum atomic E-state index is -0.281. The van der Waals surface area contributed by atoms with Crippen molar-refractivity contribution in [3.63, 3.8) is 0 Å². The largest absolute Gasteiger partial charge is 0.378 e. The molecule has 8 nitrogen and oxygen atoms in total. The smallest absolute Gasteiger partial charge is 0.323 e. The van der Waals surface area contributed by atoms with Crippen LogP contribution in [-0.2, 0) is 4.74 Å². The van der Waals surface area contributed by atoms with Gasteiger partial charge in [-0.25, -0.2) is 9.78 Å². The van der Waals surface area contributed by atoms with Crippen LogP contribution < -0.4 is 20.9 Å². The zero-order chi connectivity index (χ0) is 21.6. The Morgan fingerprint density at radius 1 is 0.935 bits per heavy atom. The molecule has 3 N–H and O–H groups in total. The van der Waals surface area contributed by atoms with Gasteiger partial charge in [-0.1, -0.05) is 18.2 Å². The molecule has 0 saturated carbocycles. The number of benzene rings is 2. The molecule has 0 radical (unpaired) electrons. The van der Waals surface area contributed by atoms with E-state index in [9.17, 15) is 4.79 Å². The minimum Gasteiger partial charge on any atom is -0.378 e. The Morgan fingerprint density at radius 2 is 1.65 bits per heavy atom. The van der Waals surface area contributed by atoms with Crippen LogP contribution in [0.3, 0.4) is 0 Å². The van der Waals surface area contributed by atoms with Crippen molar-refractivity contribution in [3.05, 3.63) is 65.9 Å². The monoisotopic (exact) mass is 418 g/mol. The summed E-state index contributed by atoms with van der Waals surface area (Å²) >= 11 is 0. The highest BCUT2D eigenvalue weighted by Crippen LogP contribution is 2.21. The third-order valence-electron chi connectivity index (χ3n) is 4.94. The molecule has 2 amide bonds. The number of aryl methyl sites for hydroxylation is 2. The van der Waals surface area contributed by atoms with Crippen LogP contribution in [-0.4, -0.2) is 42.3 Å². The lowest BCUT2D eigenvalue weighted by molar-refractivity contribution is 0.122. The van der Waals surface area contributed by atoms with Crippen molar-refractivity contribution in [1.82, 2.24) is 9.97 Å². The highest BCUT2D eigenvalue weighted by molar-refractivity contribution is 6.00. The summed E-state index contributed by atoms with van der Waals surface area (Å²) < 4.78 is 5.41. The minimum absolute atomic E-state index is 0.281.